The molecule has 0 atom stereocenters. The number of aliphatic imine (C=N–C) groups is 1. The summed E-state index contributed by atoms with van der Waals surface area (Å²) in [7, 11) is 1.56. The summed E-state index contributed by atoms with van der Waals surface area (Å²) in [4.78, 5) is 21.5. The normalized spacial score (nSPS) is 15.3. The molecule has 3 rings (SSSR count). The molecular formula is C19H24N4O3S. The van der Waals surface area contributed by atoms with Crippen LogP contribution in [0.3, 0.4) is 0 Å². The molecule has 1 aromatic heterocycles. The standard InChI is InChI=1S/C19H24N4O3S/c1-26-15-7-5-6-14(12-15)23-18(25)16(17(24)21-19(23)27)13-20-8-11-22-9-3-2-4-10-22/h5-7,12-13,25H,2-4,8-11H2,1H3,(H,21,24,27). The molecule has 1 fully saturated rings. The lowest BCUT2D eigenvalue weighted by Crippen LogP contribution is -2.31. The largest absolute Gasteiger partial charge is 0.497 e. The van der Waals surface area contributed by atoms with Crippen LogP contribution < -0.4 is 10.3 Å². The Morgan fingerprint density at radius 2 is 2.11 bits per heavy atom. The minimum Gasteiger partial charge on any atom is -0.497 e. The van der Waals surface area contributed by atoms with Crippen LogP contribution in [-0.4, -0.2) is 59.1 Å². The Labute approximate surface area is 162 Å². The number of H-pyrrole nitrogens is 1. The molecule has 2 N–H and O–H groups in total. The van der Waals surface area contributed by atoms with Crippen LogP contribution in [0, 0.1) is 4.77 Å². The first-order chi connectivity index (χ1) is 13.1. The summed E-state index contributed by atoms with van der Waals surface area (Å²) in [5.74, 6) is 0.385. The molecule has 8 heteroatoms. The molecule has 0 radical (unpaired) electrons. The smallest absolute Gasteiger partial charge is 0.264 e. The van der Waals surface area contributed by atoms with Gasteiger partial charge in [-0.1, -0.05) is 12.5 Å². The second kappa shape index (κ2) is 8.96. The van der Waals surface area contributed by atoms with E-state index >= 15 is 0 Å². The van der Waals surface area contributed by atoms with Crippen LogP contribution >= 0.6 is 12.2 Å². The van der Waals surface area contributed by atoms with Crippen molar-refractivity contribution in [3.8, 4) is 17.3 Å². The van der Waals surface area contributed by atoms with E-state index in [1.807, 2.05) is 0 Å². The van der Waals surface area contributed by atoms with Crippen LogP contribution in [0.1, 0.15) is 24.8 Å². The monoisotopic (exact) mass is 388 g/mol. The molecule has 0 aliphatic carbocycles. The van der Waals surface area contributed by atoms with Gasteiger partial charge in [0.2, 0.25) is 5.88 Å². The van der Waals surface area contributed by atoms with E-state index in [0.717, 1.165) is 19.6 Å². The highest BCUT2D eigenvalue weighted by molar-refractivity contribution is 7.71. The molecule has 0 spiro atoms. The average molecular weight is 388 g/mol. The highest BCUT2D eigenvalue weighted by atomic mass is 32.1. The SMILES string of the molecule is COc1cccc(-n2c(O)c(C=NCCN3CCCCC3)c(=O)[nH]c2=S)c1. The van der Waals surface area contributed by atoms with Crippen LogP contribution in [0.4, 0.5) is 0 Å². The van der Waals surface area contributed by atoms with Crippen molar-refractivity contribution < 1.29 is 9.84 Å². The minimum atomic E-state index is -0.460. The number of nitrogens with one attached hydrogen (secondary N) is 1. The van der Waals surface area contributed by atoms with Crippen molar-refractivity contribution >= 4 is 18.4 Å². The number of benzene rings is 1. The van der Waals surface area contributed by atoms with Gasteiger partial charge in [-0.15, -0.1) is 0 Å². The Kier molecular flexibility index (Phi) is 6.41. The third kappa shape index (κ3) is 4.64. The number of ether oxygens (including phenoxy) is 1. The van der Waals surface area contributed by atoms with Gasteiger partial charge < -0.3 is 14.7 Å². The van der Waals surface area contributed by atoms with Gasteiger partial charge in [-0.3, -0.25) is 19.3 Å². The van der Waals surface area contributed by atoms with Gasteiger partial charge in [0.25, 0.3) is 5.56 Å². The molecule has 0 amide bonds. The molecule has 144 valence electrons. The third-order valence-electron chi connectivity index (χ3n) is 4.65. The van der Waals surface area contributed by atoms with Crippen molar-refractivity contribution in [3.05, 3.63) is 45.0 Å². The first-order valence-electron chi connectivity index (χ1n) is 9.05. The van der Waals surface area contributed by atoms with Crippen LogP contribution in [0.2, 0.25) is 0 Å². The van der Waals surface area contributed by atoms with E-state index in [1.54, 1.807) is 31.4 Å². The summed E-state index contributed by atoms with van der Waals surface area (Å²) < 4.78 is 6.72. The Balaban J connectivity index is 1.84. The number of hydrogen-bond acceptors (Lipinski definition) is 6. The van der Waals surface area contributed by atoms with E-state index in [4.69, 9.17) is 17.0 Å². The fourth-order valence-corrected chi connectivity index (χ4v) is 3.47. The van der Waals surface area contributed by atoms with Crippen molar-refractivity contribution in [3.63, 3.8) is 0 Å². The predicted octanol–water partition coefficient (Wildman–Crippen LogP) is 2.51. The molecule has 27 heavy (non-hydrogen) atoms. The molecule has 0 bridgehead atoms. The van der Waals surface area contributed by atoms with Gasteiger partial charge in [0.1, 0.15) is 11.3 Å². The highest BCUT2D eigenvalue weighted by Gasteiger charge is 2.13. The van der Waals surface area contributed by atoms with E-state index in [2.05, 4.69) is 14.9 Å². The summed E-state index contributed by atoms with van der Waals surface area (Å²) in [5.41, 5.74) is 0.222. The molecule has 1 aliphatic heterocycles. The molecule has 0 unspecified atom stereocenters. The number of piperidine rings is 1. The number of aromatic hydroxyl groups is 1. The lowest BCUT2D eigenvalue weighted by Gasteiger charge is -2.25. The van der Waals surface area contributed by atoms with Crippen LogP contribution in [-0.2, 0) is 0 Å². The number of rotatable bonds is 6. The minimum absolute atomic E-state index is 0.0880. The zero-order valence-corrected chi connectivity index (χ0v) is 16.2. The van der Waals surface area contributed by atoms with Gasteiger partial charge in [0.15, 0.2) is 4.77 Å². The number of likely N-dealkylation sites (tertiary alicyclic amines) is 1. The fraction of sp³-hybridized carbons (Fsp3) is 0.421. The Bertz CT molecular complexity index is 929. The predicted molar refractivity (Wildman–Crippen MR) is 108 cm³/mol. The fourth-order valence-electron chi connectivity index (χ4n) is 3.18. The quantitative estimate of drug-likeness (QED) is 0.587. The van der Waals surface area contributed by atoms with Crippen LogP contribution in [0.25, 0.3) is 5.69 Å². The van der Waals surface area contributed by atoms with Gasteiger partial charge in [-0.25, -0.2) is 0 Å². The lowest BCUT2D eigenvalue weighted by atomic mass is 10.1. The van der Waals surface area contributed by atoms with E-state index in [0.29, 0.717) is 18.0 Å². The maximum atomic E-state index is 12.2. The van der Waals surface area contributed by atoms with Crippen molar-refractivity contribution in [2.24, 2.45) is 4.99 Å². The molecule has 0 saturated carbocycles. The summed E-state index contributed by atoms with van der Waals surface area (Å²) >= 11 is 5.22. The van der Waals surface area contributed by atoms with Gasteiger partial charge in [0.05, 0.1) is 19.3 Å². The second-order valence-corrected chi connectivity index (χ2v) is 6.86. The molecule has 1 aromatic carbocycles. The lowest BCUT2D eigenvalue weighted by molar-refractivity contribution is 0.235. The topological polar surface area (TPSA) is 82.8 Å². The molecule has 2 heterocycles. The number of aromatic nitrogens is 2. The Morgan fingerprint density at radius 3 is 2.85 bits per heavy atom. The van der Waals surface area contributed by atoms with Gasteiger partial charge in [-0.2, -0.15) is 0 Å². The number of aromatic amines is 1. The van der Waals surface area contributed by atoms with Crippen molar-refractivity contribution in [1.29, 1.82) is 0 Å². The number of hydrogen-bond donors (Lipinski definition) is 2. The van der Waals surface area contributed by atoms with Crippen molar-refractivity contribution in [1.82, 2.24) is 14.5 Å². The zero-order chi connectivity index (χ0) is 19.2. The molecular weight excluding hydrogens is 364 g/mol. The summed E-state index contributed by atoms with van der Waals surface area (Å²) in [5, 5.41) is 10.6. The van der Waals surface area contributed by atoms with Gasteiger partial charge >= 0.3 is 0 Å². The maximum absolute atomic E-state index is 12.2. The van der Waals surface area contributed by atoms with Crippen molar-refractivity contribution in [2.45, 2.75) is 19.3 Å². The van der Waals surface area contributed by atoms with E-state index in [-0.39, 0.29) is 16.2 Å². The Morgan fingerprint density at radius 1 is 1.33 bits per heavy atom. The van der Waals surface area contributed by atoms with Crippen molar-refractivity contribution in [2.75, 3.05) is 33.3 Å². The molecule has 1 aliphatic rings. The molecule has 1 saturated heterocycles. The zero-order valence-electron chi connectivity index (χ0n) is 15.4. The van der Waals surface area contributed by atoms with Gasteiger partial charge in [-0.05, 0) is 50.3 Å². The molecule has 2 aromatic rings. The van der Waals surface area contributed by atoms with E-state index < -0.39 is 5.56 Å². The van der Waals surface area contributed by atoms with E-state index in [1.165, 1.54) is 30.0 Å². The second-order valence-electron chi connectivity index (χ2n) is 6.47. The first kappa shape index (κ1) is 19.3. The van der Waals surface area contributed by atoms with Crippen LogP contribution in [0.15, 0.2) is 34.1 Å². The molecule has 7 nitrogen and oxygen atoms in total. The first-order valence-corrected chi connectivity index (χ1v) is 9.46. The van der Waals surface area contributed by atoms with Crippen LogP contribution in [0.5, 0.6) is 11.6 Å². The maximum Gasteiger partial charge on any atom is 0.264 e. The highest BCUT2D eigenvalue weighted by Crippen LogP contribution is 2.22. The summed E-state index contributed by atoms with van der Waals surface area (Å²) in [6.45, 7) is 3.63. The number of methoxy groups -OCH3 is 1. The Hall–Kier alpha value is -2.45. The van der Waals surface area contributed by atoms with E-state index in [9.17, 15) is 9.90 Å². The average Bonchev–Trinajstić information content (AvgIpc) is 2.68. The summed E-state index contributed by atoms with van der Waals surface area (Å²) in [6, 6.07) is 7.07. The summed E-state index contributed by atoms with van der Waals surface area (Å²) in [6.07, 6.45) is 5.17. The van der Waals surface area contributed by atoms with Gasteiger partial charge in [0, 0.05) is 18.8 Å². The number of nitrogens with zero attached hydrogens (tertiary/aromatic N) is 3. The third-order valence-corrected chi connectivity index (χ3v) is 4.93.